The summed E-state index contributed by atoms with van der Waals surface area (Å²) in [6, 6.07) is 0. The maximum absolute atomic E-state index is 17.5. The molecule has 0 heterocycles. The molecule has 0 amide bonds. The van der Waals surface area contributed by atoms with Crippen LogP contribution in [-0.2, 0) is 28.5 Å². The van der Waals surface area contributed by atoms with Crippen LogP contribution in [-0.4, -0.2) is 72.7 Å². The zero-order valence-corrected chi connectivity index (χ0v) is 23.9. The van der Waals surface area contributed by atoms with E-state index in [0.717, 1.165) is 18.9 Å². The lowest BCUT2D eigenvalue weighted by molar-refractivity contribution is -0.236. The second kappa shape index (κ2) is 10.4. The maximum Gasteiger partial charge on any atom is 0.509 e. The van der Waals surface area contributed by atoms with Crippen LogP contribution in [0, 0.1) is 28.6 Å². The van der Waals surface area contributed by atoms with E-state index >= 15 is 8.78 Å². The highest BCUT2D eigenvalue weighted by atomic mass is 19.1. The maximum atomic E-state index is 17.5. The van der Waals surface area contributed by atoms with Crippen molar-refractivity contribution in [2.75, 3.05) is 14.0 Å². The van der Waals surface area contributed by atoms with Gasteiger partial charge in [-0.2, -0.15) is 0 Å². The molecule has 1 N–H and O–H groups in total. The fourth-order valence-corrected chi connectivity index (χ4v) is 9.12. The van der Waals surface area contributed by atoms with Crippen LogP contribution in [0.2, 0.25) is 0 Å². The van der Waals surface area contributed by atoms with Crippen molar-refractivity contribution in [3.63, 3.8) is 0 Å². The Morgan fingerprint density at radius 1 is 1.12 bits per heavy atom. The van der Waals surface area contributed by atoms with Crippen molar-refractivity contribution in [3.8, 4) is 0 Å². The molecule has 4 saturated carbocycles. The van der Waals surface area contributed by atoms with Crippen LogP contribution in [0.15, 0.2) is 23.8 Å². The number of aliphatic hydroxyl groups is 1. The van der Waals surface area contributed by atoms with Gasteiger partial charge in [0.25, 0.3) is 0 Å². The zero-order valence-electron chi connectivity index (χ0n) is 23.9. The van der Waals surface area contributed by atoms with Crippen LogP contribution in [0.25, 0.3) is 0 Å². The van der Waals surface area contributed by atoms with Crippen molar-refractivity contribution in [1.82, 2.24) is 0 Å². The van der Waals surface area contributed by atoms with E-state index in [1.165, 1.54) is 26.2 Å². The van der Waals surface area contributed by atoms with Gasteiger partial charge in [0, 0.05) is 29.8 Å². The molecule has 5 rings (SSSR count). The SMILES string of the molecule is CO[C@@H]1CCCC[C@H]1OC(=O)O[C@]1(C(=O)OCF)[C@H](C)C[C@H]2[C@@H]3C[C@H](F)C4=CC(=O)C=C[C@]4(C)[C@@]3(F)[C@@H](O)C[C@@]21C. The predicted molar refractivity (Wildman–Crippen MR) is 139 cm³/mol. The third-order valence-corrected chi connectivity index (χ3v) is 11.1. The molecular weight excluding hydrogens is 545 g/mol. The highest BCUT2D eigenvalue weighted by Crippen LogP contribution is 2.71. The number of rotatable bonds is 5. The van der Waals surface area contributed by atoms with Crippen molar-refractivity contribution >= 4 is 17.9 Å². The molecule has 11 atom stereocenters. The van der Waals surface area contributed by atoms with Crippen molar-refractivity contribution < 1.29 is 51.6 Å². The molecule has 4 fully saturated rings. The number of fused-ring (bicyclic) bond motifs is 5. The molecule has 11 heteroatoms. The van der Waals surface area contributed by atoms with Gasteiger partial charge < -0.3 is 24.1 Å². The molecule has 41 heavy (non-hydrogen) atoms. The van der Waals surface area contributed by atoms with E-state index in [9.17, 15) is 23.9 Å². The van der Waals surface area contributed by atoms with Crippen LogP contribution < -0.4 is 0 Å². The summed E-state index contributed by atoms with van der Waals surface area (Å²) >= 11 is 0. The summed E-state index contributed by atoms with van der Waals surface area (Å²) in [6.45, 7) is 3.18. The van der Waals surface area contributed by atoms with Gasteiger partial charge in [0.15, 0.2) is 11.5 Å². The number of allylic oxidation sites excluding steroid dienone is 4. The Bertz CT molecular complexity index is 1160. The molecule has 0 aromatic carbocycles. The molecule has 0 radical (unpaired) electrons. The second-order valence-electron chi connectivity index (χ2n) is 12.8. The van der Waals surface area contributed by atoms with Crippen LogP contribution in [0.5, 0.6) is 0 Å². The number of ether oxygens (including phenoxy) is 4. The van der Waals surface area contributed by atoms with Gasteiger partial charge in [-0.1, -0.05) is 26.3 Å². The summed E-state index contributed by atoms with van der Waals surface area (Å²) in [5.41, 5.74) is -7.64. The molecule has 228 valence electrons. The van der Waals surface area contributed by atoms with Crippen molar-refractivity contribution in [3.05, 3.63) is 23.8 Å². The number of carbonyl (C=O) groups excluding carboxylic acids is 3. The van der Waals surface area contributed by atoms with E-state index in [-0.39, 0.29) is 30.9 Å². The Hall–Kier alpha value is -2.40. The average Bonchev–Trinajstić information content (AvgIpc) is 3.14. The first-order chi connectivity index (χ1) is 19.3. The Morgan fingerprint density at radius 2 is 1.80 bits per heavy atom. The van der Waals surface area contributed by atoms with Gasteiger partial charge in [-0.3, -0.25) is 4.79 Å². The molecule has 0 aromatic heterocycles. The molecule has 0 aromatic rings. The lowest BCUT2D eigenvalue weighted by Crippen LogP contribution is -2.71. The van der Waals surface area contributed by atoms with Crippen LogP contribution in [0.1, 0.15) is 65.7 Å². The van der Waals surface area contributed by atoms with Gasteiger partial charge in [-0.05, 0) is 69.1 Å². The molecular formula is C30H39F3O8. The van der Waals surface area contributed by atoms with E-state index in [4.69, 9.17) is 18.9 Å². The van der Waals surface area contributed by atoms with E-state index in [2.05, 4.69) is 0 Å². The molecule has 8 nitrogen and oxygen atoms in total. The van der Waals surface area contributed by atoms with Gasteiger partial charge in [-0.15, -0.1) is 0 Å². The average molecular weight is 585 g/mol. The molecule has 0 aliphatic heterocycles. The fraction of sp³-hybridized carbons (Fsp3) is 0.767. The summed E-state index contributed by atoms with van der Waals surface area (Å²) < 4.78 is 68.4. The summed E-state index contributed by atoms with van der Waals surface area (Å²) in [4.78, 5) is 39.0. The summed E-state index contributed by atoms with van der Waals surface area (Å²) in [5, 5.41) is 11.6. The Morgan fingerprint density at radius 3 is 2.46 bits per heavy atom. The normalized spacial score (nSPS) is 47.0. The number of halogens is 3. The Labute approximate surface area is 237 Å². The number of esters is 1. The zero-order chi connectivity index (χ0) is 30.0. The third-order valence-electron chi connectivity index (χ3n) is 11.1. The topological polar surface area (TPSA) is 108 Å². The number of methoxy groups -OCH3 is 1. The van der Waals surface area contributed by atoms with Crippen molar-refractivity contribution in [1.29, 1.82) is 0 Å². The largest absolute Gasteiger partial charge is 0.509 e. The van der Waals surface area contributed by atoms with Gasteiger partial charge in [-0.25, -0.2) is 22.8 Å². The highest BCUT2D eigenvalue weighted by Gasteiger charge is 2.79. The number of hydrogen-bond acceptors (Lipinski definition) is 8. The molecule has 0 bridgehead atoms. The van der Waals surface area contributed by atoms with Gasteiger partial charge in [0.05, 0.1) is 12.2 Å². The summed E-state index contributed by atoms with van der Waals surface area (Å²) in [6.07, 6.45) is 0.319. The van der Waals surface area contributed by atoms with Crippen molar-refractivity contribution in [2.45, 2.75) is 101 Å². The minimum atomic E-state index is -2.39. The first-order valence-electron chi connectivity index (χ1n) is 14.4. The van der Waals surface area contributed by atoms with Crippen LogP contribution in [0.4, 0.5) is 18.0 Å². The summed E-state index contributed by atoms with van der Waals surface area (Å²) in [7, 11) is 1.51. The molecule has 5 aliphatic carbocycles. The number of hydrogen-bond donors (Lipinski definition) is 1. The number of alkyl halides is 3. The van der Waals surface area contributed by atoms with Gasteiger partial charge in [0.2, 0.25) is 12.5 Å². The number of aliphatic hydroxyl groups excluding tert-OH is 1. The molecule has 5 aliphatic rings. The Balaban J connectivity index is 1.54. The summed E-state index contributed by atoms with van der Waals surface area (Å²) in [5.74, 6) is -4.32. The number of carbonyl (C=O) groups is 3. The third kappa shape index (κ3) is 4.12. The lowest BCUT2D eigenvalue weighted by Gasteiger charge is -2.62. The molecule has 0 spiro atoms. The standard InChI is InChI=1S/C30H39F3O8/c1-16-11-18-19-13-21(32)20-12-17(34)9-10-27(20,2)29(19,33)24(35)14-28(18,3)30(16,25(36)39-15-31)41-26(37)40-23-8-6-5-7-22(23)38-4/h9-10,12,16,18-19,21-24,35H,5-8,11,13-15H2,1-4H3/t16-,18+,19+,21+,22-,23-,24+,27+,28+,29+,30+/m1/s1. The van der Waals surface area contributed by atoms with Gasteiger partial charge in [0.1, 0.15) is 12.3 Å². The quantitative estimate of drug-likeness (QED) is 0.456. The predicted octanol–water partition coefficient (Wildman–Crippen LogP) is 4.87. The van der Waals surface area contributed by atoms with Crippen molar-refractivity contribution in [2.24, 2.45) is 28.6 Å². The molecule has 0 unspecified atom stereocenters. The number of ketones is 1. The first-order valence-corrected chi connectivity index (χ1v) is 14.4. The monoisotopic (exact) mass is 584 g/mol. The van der Waals surface area contributed by atoms with E-state index < -0.39 is 83.0 Å². The van der Waals surface area contributed by atoms with Crippen LogP contribution >= 0.6 is 0 Å². The van der Waals surface area contributed by atoms with E-state index in [0.29, 0.717) is 12.8 Å². The smallest absolute Gasteiger partial charge is 0.431 e. The minimum absolute atomic E-state index is 0.0273. The van der Waals surface area contributed by atoms with Crippen LogP contribution in [0.3, 0.4) is 0 Å². The molecule has 0 saturated heterocycles. The lowest BCUT2D eigenvalue weighted by atomic mass is 9.44. The Kier molecular flexibility index (Phi) is 7.63. The van der Waals surface area contributed by atoms with Gasteiger partial charge >= 0.3 is 12.1 Å². The highest BCUT2D eigenvalue weighted by molar-refractivity contribution is 6.01. The van der Waals surface area contributed by atoms with E-state index in [1.54, 1.807) is 13.8 Å². The second-order valence-corrected chi connectivity index (χ2v) is 12.8. The first kappa shape index (κ1) is 30.1. The van der Waals surface area contributed by atoms with E-state index in [1.807, 2.05) is 0 Å². The minimum Gasteiger partial charge on any atom is -0.431 e. The fourth-order valence-electron chi connectivity index (χ4n) is 9.12.